The van der Waals surface area contributed by atoms with E-state index in [1.165, 1.54) is 13.2 Å². The topological polar surface area (TPSA) is 22.4 Å². The summed E-state index contributed by atoms with van der Waals surface area (Å²) in [5.74, 6) is 1.09. The Bertz CT molecular complexity index is 536. The van der Waals surface area contributed by atoms with Crippen molar-refractivity contribution in [2.45, 2.75) is 18.2 Å². The average Bonchev–Trinajstić information content (AvgIpc) is 2.86. The van der Waals surface area contributed by atoms with Gasteiger partial charge in [0.1, 0.15) is 17.3 Å². The van der Waals surface area contributed by atoms with Gasteiger partial charge in [-0.25, -0.2) is 4.39 Å². The number of hydrogen-bond donors (Lipinski definition) is 0. The molecule has 0 fully saturated rings. The molecular formula is C14H14BrFO2. The number of benzene rings is 1. The molecule has 1 heterocycles. The van der Waals surface area contributed by atoms with Gasteiger partial charge in [-0.3, -0.25) is 0 Å². The molecule has 0 aliphatic rings. The van der Waals surface area contributed by atoms with E-state index in [1.54, 1.807) is 18.4 Å². The first kappa shape index (κ1) is 13.1. The van der Waals surface area contributed by atoms with Gasteiger partial charge in [-0.1, -0.05) is 28.9 Å². The summed E-state index contributed by atoms with van der Waals surface area (Å²) in [5.41, 5.74) is 1.54. The minimum Gasteiger partial charge on any atom is -0.497 e. The van der Waals surface area contributed by atoms with Gasteiger partial charge in [0.15, 0.2) is 0 Å². The fourth-order valence-corrected chi connectivity index (χ4v) is 2.65. The molecular weight excluding hydrogens is 299 g/mol. The lowest BCUT2D eigenvalue weighted by Gasteiger charge is -2.12. The Balaban J connectivity index is 2.37. The van der Waals surface area contributed by atoms with Crippen LogP contribution in [0.25, 0.3) is 0 Å². The minimum absolute atomic E-state index is 0.211. The summed E-state index contributed by atoms with van der Waals surface area (Å²) in [6, 6.07) is 6.72. The number of halogens is 2. The first-order valence-electron chi connectivity index (χ1n) is 5.71. The van der Waals surface area contributed by atoms with E-state index in [2.05, 4.69) is 15.9 Å². The molecule has 0 saturated carbocycles. The molecule has 0 saturated heterocycles. The molecule has 1 atom stereocenters. The van der Waals surface area contributed by atoms with Crippen molar-refractivity contribution < 1.29 is 13.5 Å². The van der Waals surface area contributed by atoms with Crippen LogP contribution >= 0.6 is 15.9 Å². The summed E-state index contributed by atoms with van der Waals surface area (Å²) < 4.78 is 24.3. The second kappa shape index (κ2) is 5.57. The molecule has 0 radical (unpaired) electrons. The number of aryl methyl sites for hydroxylation is 1. The van der Waals surface area contributed by atoms with E-state index in [9.17, 15) is 4.39 Å². The highest BCUT2D eigenvalue weighted by atomic mass is 79.9. The van der Waals surface area contributed by atoms with Gasteiger partial charge < -0.3 is 9.15 Å². The van der Waals surface area contributed by atoms with Crippen LogP contribution in [-0.4, -0.2) is 7.11 Å². The zero-order valence-electron chi connectivity index (χ0n) is 10.2. The van der Waals surface area contributed by atoms with Gasteiger partial charge in [0.2, 0.25) is 0 Å². The number of ether oxygens (including phenoxy) is 1. The molecule has 2 aromatic rings. The van der Waals surface area contributed by atoms with Gasteiger partial charge in [-0.15, -0.1) is 0 Å². The molecule has 96 valence electrons. The molecule has 1 aromatic carbocycles. The van der Waals surface area contributed by atoms with Gasteiger partial charge in [0.25, 0.3) is 0 Å². The van der Waals surface area contributed by atoms with Crippen LogP contribution < -0.4 is 4.74 Å². The zero-order chi connectivity index (χ0) is 13.1. The first-order chi connectivity index (χ1) is 8.67. The maximum atomic E-state index is 14.0. The summed E-state index contributed by atoms with van der Waals surface area (Å²) in [4.78, 5) is -0.211. The number of alkyl halides is 1. The third kappa shape index (κ3) is 2.43. The summed E-state index contributed by atoms with van der Waals surface area (Å²) in [5, 5.41) is 0. The van der Waals surface area contributed by atoms with Crippen molar-refractivity contribution in [1.82, 2.24) is 0 Å². The highest BCUT2D eigenvalue weighted by Crippen LogP contribution is 2.36. The summed E-state index contributed by atoms with van der Waals surface area (Å²) in [6.45, 7) is 2.01. The second-order valence-electron chi connectivity index (χ2n) is 3.90. The lowest BCUT2D eigenvalue weighted by molar-refractivity contribution is 0.411. The molecule has 0 aliphatic carbocycles. The monoisotopic (exact) mass is 312 g/mol. The van der Waals surface area contributed by atoms with Gasteiger partial charge in [-0.2, -0.15) is 0 Å². The molecule has 18 heavy (non-hydrogen) atoms. The molecule has 4 heteroatoms. The van der Waals surface area contributed by atoms with Crippen LogP contribution in [0.2, 0.25) is 0 Å². The van der Waals surface area contributed by atoms with Crippen LogP contribution in [0.15, 0.2) is 34.9 Å². The van der Waals surface area contributed by atoms with E-state index in [4.69, 9.17) is 9.15 Å². The van der Waals surface area contributed by atoms with Crippen LogP contribution in [0.3, 0.4) is 0 Å². The molecule has 0 amide bonds. The molecule has 1 unspecified atom stereocenters. The first-order valence-corrected chi connectivity index (χ1v) is 6.62. The second-order valence-corrected chi connectivity index (χ2v) is 4.82. The number of methoxy groups -OCH3 is 1. The van der Waals surface area contributed by atoms with Crippen LogP contribution in [0, 0.1) is 5.82 Å². The number of furan rings is 1. The Labute approximate surface area is 114 Å². The number of rotatable bonds is 4. The van der Waals surface area contributed by atoms with E-state index in [0.717, 1.165) is 17.7 Å². The van der Waals surface area contributed by atoms with Crippen LogP contribution in [0.1, 0.15) is 28.6 Å². The Morgan fingerprint density at radius 3 is 2.72 bits per heavy atom. The van der Waals surface area contributed by atoms with Crippen molar-refractivity contribution >= 4 is 15.9 Å². The highest BCUT2D eigenvalue weighted by Gasteiger charge is 2.19. The SMILES string of the molecule is CCc1occc1C(Br)c1ccc(OC)cc1F. The smallest absolute Gasteiger partial charge is 0.131 e. The summed E-state index contributed by atoms with van der Waals surface area (Å²) in [6.07, 6.45) is 2.41. The van der Waals surface area contributed by atoms with Gasteiger partial charge in [0.05, 0.1) is 18.2 Å². The van der Waals surface area contributed by atoms with Crippen molar-refractivity contribution in [3.63, 3.8) is 0 Å². The predicted octanol–water partition coefficient (Wildman–Crippen LogP) is 4.47. The van der Waals surface area contributed by atoms with Crippen molar-refractivity contribution in [3.05, 3.63) is 53.2 Å². The van der Waals surface area contributed by atoms with E-state index in [1.807, 2.05) is 13.0 Å². The molecule has 2 nitrogen and oxygen atoms in total. The maximum absolute atomic E-state index is 14.0. The average molecular weight is 313 g/mol. The predicted molar refractivity (Wildman–Crippen MR) is 71.8 cm³/mol. The Hall–Kier alpha value is -1.29. The quantitative estimate of drug-likeness (QED) is 0.777. The van der Waals surface area contributed by atoms with Crippen molar-refractivity contribution in [1.29, 1.82) is 0 Å². The normalized spacial score (nSPS) is 12.4. The minimum atomic E-state index is -0.292. The van der Waals surface area contributed by atoms with Crippen LogP contribution in [0.4, 0.5) is 4.39 Å². The van der Waals surface area contributed by atoms with E-state index >= 15 is 0 Å². The fraction of sp³-hybridized carbons (Fsp3) is 0.286. The third-order valence-electron chi connectivity index (χ3n) is 2.85. The van der Waals surface area contributed by atoms with Crippen molar-refractivity contribution in [3.8, 4) is 5.75 Å². The lowest BCUT2D eigenvalue weighted by atomic mass is 10.0. The molecule has 0 spiro atoms. The Morgan fingerprint density at radius 2 is 2.11 bits per heavy atom. The third-order valence-corrected chi connectivity index (χ3v) is 3.84. The maximum Gasteiger partial charge on any atom is 0.131 e. The van der Waals surface area contributed by atoms with Gasteiger partial charge in [0, 0.05) is 23.6 Å². The molecule has 0 N–H and O–H groups in total. The summed E-state index contributed by atoms with van der Waals surface area (Å²) >= 11 is 3.52. The van der Waals surface area contributed by atoms with E-state index in [-0.39, 0.29) is 10.6 Å². The van der Waals surface area contributed by atoms with Gasteiger partial charge >= 0.3 is 0 Å². The van der Waals surface area contributed by atoms with Crippen molar-refractivity contribution in [2.75, 3.05) is 7.11 Å². The fourth-order valence-electron chi connectivity index (χ4n) is 1.87. The summed E-state index contributed by atoms with van der Waals surface area (Å²) in [7, 11) is 1.52. The van der Waals surface area contributed by atoms with Crippen LogP contribution in [0.5, 0.6) is 5.75 Å². The zero-order valence-corrected chi connectivity index (χ0v) is 11.8. The molecule has 2 rings (SSSR count). The van der Waals surface area contributed by atoms with Crippen LogP contribution in [-0.2, 0) is 6.42 Å². The Kier molecular flexibility index (Phi) is 4.07. The van der Waals surface area contributed by atoms with E-state index < -0.39 is 0 Å². The highest BCUT2D eigenvalue weighted by molar-refractivity contribution is 9.09. The molecule has 0 aliphatic heterocycles. The van der Waals surface area contributed by atoms with Gasteiger partial charge in [-0.05, 0) is 12.1 Å². The van der Waals surface area contributed by atoms with E-state index in [0.29, 0.717) is 11.3 Å². The standard InChI is InChI=1S/C14H14BrFO2/c1-3-13-11(6-7-18-13)14(15)10-5-4-9(17-2)8-12(10)16/h4-8,14H,3H2,1-2H3. The molecule has 0 bridgehead atoms. The lowest BCUT2D eigenvalue weighted by Crippen LogP contribution is -1.98. The number of hydrogen-bond acceptors (Lipinski definition) is 2. The van der Waals surface area contributed by atoms with Crippen molar-refractivity contribution in [2.24, 2.45) is 0 Å². The largest absolute Gasteiger partial charge is 0.497 e. The molecule has 1 aromatic heterocycles. The Morgan fingerprint density at radius 1 is 1.33 bits per heavy atom.